The van der Waals surface area contributed by atoms with Gasteiger partial charge < -0.3 is 9.84 Å². The summed E-state index contributed by atoms with van der Waals surface area (Å²) in [5.41, 5.74) is 3.01. The number of alkyl halides is 3. The van der Waals surface area contributed by atoms with Crippen LogP contribution in [-0.2, 0) is 26.1 Å². The average Bonchev–Trinajstić information content (AvgIpc) is 2.94. The minimum atomic E-state index is -5.08. The van der Waals surface area contributed by atoms with E-state index in [0.29, 0.717) is 12.8 Å². The number of carboxylic acid groups (broad SMARTS) is 1. The van der Waals surface area contributed by atoms with Gasteiger partial charge in [-0.05, 0) is 42.2 Å². The van der Waals surface area contributed by atoms with Gasteiger partial charge in [-0.1, -0.05) is 30.3 Å². The monoisotopic (exact) mass is 486 g/mol. The number of carbonyl (C=O) groups is 1. The Morgan fingerprint density at radius 1 is 1.09 bits per heavy atom. The highest BCUT2D eigenvalue weighted by Gasteiger charge is 2.55. The first-order valence-electron chi connectivity index (χ1n) is 10.2. The molecule has 1 saturated heterocycles. The summed E-state index contributed by atoms with van der Waals surface area (Å²) >= 11 is 0. The number of rotatable bonds is 3. The molecule has 2 aromatic carbocycles. The molecule has 0 unspecified atom stereocenters. The van der Waals surface area contributed by atoms with E-state index in [2.05, 4.69) is 17.0 Å². The van der Waals surface area contributed by atoms with Crippen molar-refractivity contribution in [1.82, 2.24) is 4.90 Å². The fourth-order valence-corrected chi connectivity index (χ4v) is 6.34. The lowest BCUT2D eigenvalue weighted by Crippen LogP contribution is -2.47. The van der Waals surface area contributed by atoms with Crippen molar-refractivity contribution in [3.05, 3.63) is 59.7 Å². The van der Waals surface area contributed by atoms with Crippen LogP contribution in [0.5, 0.6) is 5.75 Å². The van der Waals surface area contributed by atoms with E-state index in [0.717, 1.165) is 36.6 Å². The Kier molecular flexibility index (Phi) is 6.94. The molecule has 7 nitrogen and oxygen atoms in total. The molecule has 1 spiro atoms. The molecule has 2 aliphatic heterocycles. The maximum atomic E-state index is 13.2. The summed E-state index contributed by atoms with van der Waals surface area (Å²) in [5, 5.41) is 7.12. The van der Waals surface area contributed by atoms with Gasteiger partial charge >= 0.3 is 12.1 Å². The number of carboxylic acids is 1. The number of hydrogen-bond donors (Lipinski definition) is 1. The van der Waals surface area contributed by atoms with E-state index in [-0.39, 0.29) is 0 Å². The Balaban J connectivity index is 0.000000383. The summed E-state index contributed by atoms with van der Waals surface area (Å²) in [5.74, 6) is -1.91. The number of piperidine rings is 1. The summed E-state index contributed by atoms with van der Waals surface area (Å²) < 4.78 is 64.0. The molecule has 2 heterocycles. The Morgan fingerprint density at radius 3 is 2.15 bits per heavy atom. The van der Waals surface area contributed by atoms with Crippen LogP contribution < -0.4 is 9.04 Å². The standard InChI is InChI=1S/C20H24N2O3S.C2HF3O2/c1-21-19-6-4-3-5-18(19)20(26(21,23)24)11-13-22(14-12-20)15-16-7-9-17(25-2)10-8-16;3-2(4,5)1(6)7/h3-10H,11-15H2,1-2H3;(H,6,7). The Hall–Kier alpha value is -2.79. The van der Waals surface area contributed by atoms with Crippen LogP contribution in [0.2, 0.25) is 0 Å². The quantitative estimate of drug-likeness (QED) is 0.714. The SMILES string of the molecule is COc1ccc(CN2CCC3(CC2)c2ccccc2N(C)S3(=O)=O)cc1.O=C(O)C(F)(F)F. The van der Waals surface area contributed by atoms with E-state index in [9.17, 15) is 21.6 Å². The molecule has 11 heteroatoms. The lowest BCUT2D eigenvalue weighted by atomic mass is 9.87. The normalized spacial score (nSPS) is 18.9. The third kappa shape index (κ3) is 4.79. The van der Waals surface area contributed by atoms with Gasteiger partial charge in [-0.2, -0.15) is 13.2 Å². The number of benzene rings is 2. The fraction of sp³-hybridized carbons (Fsp3) is 0.409. The van der Waals surface area contributed by atoms with E-state index in [1.54, 1.807) is 14.2 Å². The van der Waals surface area contributed by atoms with Crippen molar-refractivity contribution < 1.29 is 36.2 Å². The van der Waals surface area contributed by atoms with Crippen molar-refractivity contribution in [2.45, 2.75) is 30.3 Å². The first-order chi connectivity index (χ1) is 15.4. The summed E-state index contributed by atoms with van der Waals surface area (Å²) in [6.45, 7) is 2.37. The Morgan fingerprint density at radius 2 is 1.64 bits per heavy atom. The molecule has 1 N–H and O–H groups in total. The molecule has 4 rings (SSSR count). The van der Waals surface area contributed by atoms with Gasteiger partial charge in [0.25, 0.3) is 0 Å². The fourth-order valence-electron chi connectivity index (χ4n) is 4.25. The predicted molar refractivity (Wildman–Crippen MR) is 117 cm³/mol. The summed E-state index contributed by atoms with van der Waals surface area (Å²) in [7, 11) is -0.0267. The van der Waals surface area contributed by atoms with Crippen LogP contribution in [0.15, 0.2) is 48.5 Å². The number of halogens is 3. The first-order valence-corrected chi connectivity index (χ1v) is 11.6. The van der Waals surface area contributed by atoms with Gasteiger partial charge in [0.2, 0.25) is 10.0 Å². The number of nitrogens with zero attached hydrogens (tertiary/aromatic N) is 2. The van der Waals surface area contributed by atoms with Gasteiger partial charge in [0.15, 0.2) is 0 Å². The zero-order chi connectivity index (χ0) is 24.4. The zero-order valence-corrected chi connectivity index (χ0v) is 19.0. The van der Waals surface area contributed by atoms with Crippen LogP contribution in [-0.4, -0.2) is 57.8 Å². The van der Waals surface area contributed by atoms with Crippen LogP contribution in [0.1, 0.15) is 24.0 Å². The number of fused-ring (bicyclic) bond motifs is 2. The third-order valence-corrected chi connectivity index (χ3v) is 8.59. The number of sulfonamides is 1. The molecule has 2 aromatic rings. The molecule has 0 saturated carbocycles. The smallest absolute Gasteiger partial charge is 0.490 e. The number of aliphatic carboxylic acids is 1. The van der Waals surface area contributed by atoms with Crippen molar-refractivity contribution in [3.63, 3.8) is 0 Å². The van der Waals surface area contributed by atoms with E-state index in [1.807, 2.05) is 36.4 Å². The van der Waals surface area contributed by atoms with Gasteiger partial charge in [-0.3, -0.25) is 9.21 Å². The summed E-state index contributed by atoms with van der Waals surface area (Å²) in [6.07, 6.45) is -3.82. The molecule has 0 bridgehead atoms. The van der Waals surface area contributed by atoms with Crippen LogP contribution >= 0.6 is 0 Å². The second-order valence-electron chi connectivity index (χ2n) is 7.91. The molecule has 2 aliphatic rings. The summed E-state index contributed by atoms with van der Waals surface area (Å²) in [4.78, 5) is 11.2. The highest BCUT2D eigenvalue weighted by molar-refractivity contribution is 7.94. The van der Waals surface area contributed by atoms with E-state index in [1.165, 1.54) is 9.87 Å². The first kappa shape index (κ1) is 24.8. The minimum absolute atomic E-state index is 0.632. The second-order valence-corrected chi connectivity index (χ2v) is 10.2. The molecule has 0 aromatic heterocycles. The van der Waals surface area contributed by atoms with Crippen molar-refractivity contribution in [2.75, 3.05) is 31.6 Å². The maximum absolute atomic E-state index is 13.2. The van der Waals surface area contributed by atoms with Crippen LogP contribution in [0.3, 0.4) is 0 Å². The average molecular weight is 487 g/mol. The third-order valence-electron chi connectivity index (χ3n) is 6.06. The largest absolute Gasteiger partial charge is 0.497 e. The molecule has 0 radical (unpaired) electrons. The highest BCUT2D eigenvalue weighted by atomic mass is 32.2. The second kappa shape index (κ2) is 9.22. The summed E-state index contributed by atoms with van der Waals surface area (Å²) in [6, 6.07) is 15.8. The number of ether oxygens (including phenoxy) is 1. The van der Waals surface area contributed by atoms with Crippen LogP contribution in [0.4, 0.5) is 18.9 Å². The Bertz CT molecular complexity index is 1100. The van der Waals surface area contributed by atoms with Gasteiger partial charge in [-0.15, -0.1) is 0 Å². The molecule has 0 atom stereocenters. The molecule has 0 amide bonds. The lowest BCUT2D eigenvalue weighted by Gasteiger charge is -2.38. The van der Waals surface area contributed by atoms with E-state index >= 15 is 0 Å². The van der Waals surface area contributed by atoms with Crippen molar-refractivity contribution in [2.24, 2.45) is 0 Å². The number of anilines is 1. The minimum Gasteiger partial charge on any atom is -0.497 e. The number of methoxy groups -OCH3 is 1. The molecular formula is C22H25F3N2O5S. The van der Waals surface area contributed by atoms with E-state index in [4.69, 9.17) is 14.6 Å². The van der Waals surface area contributed by atoms with Crippen molar-refractivity contribution >= 4 is 21.7 Å². The van der Waals surface area contributed by atoms with Gasteiger partial charge in [0.1, 0.15) is 10.5 Å². The number of para-hydroxylation sites is 1. The van der Waals surface area contributed by atoms with Crippen molar-refractivity contribution in [3.8, 4) is 5.75 Å². The maximum Gasteiger partial charge on any atom is 0.490 e. The number of likely N-dealkylation sites (tertiary alicyclic amines) is 1. The zero-order valence-electron chi connectivity index (χ0n) is 18.2. The molecular weight excluding hydrogens is 461 g/mol. The Labute approximate surface area is 190 Å². The molecule has 0 aliphatic carbocycles. The van der Waals surface area contributed by atoms with Gasteiger partial charge in [-0.25, -0.2) is 13.2 Å². The topological polar surface area (TPSA) is 87.2 Å². The predicted octanol–water partition coefficient (Wildman–Crippen LogP) is 3.60. The lowest BCUT2D eigenvalue weighted by molar-refractivity contribution is -0.192. The van der Waals surface area contributed by atoms with E-state index < -0.39 is 26.9 Å². The molecule has 33 heavy (non-hydrogen) atoms. The molecule has 1 fully saturated rings. The van der Waals surface area contributed by atoms with Gasteiger partial charge in [0, 0.05) is 26.7 Å². The molecule has 180 valence electrons. The van der Waals surface area contributed by atoms with Gasteiger partial charge in [0.05, 0.1) is 12.8 Å². The van der Waals surface area contributed by atoms with Crippen LogP contribution in [0, 0.1) is 0 Å². The highest BCUT2D eigenvalue weighted by Crippen LogP contribution is 2.51. The van der Waals surface area contributed by atoms with Crippen LogP contribution in [0.25, 0.3) is 0 Å². The van der Waals surface area contributed by atoms with Crippen molar-refractivity contribution in [1.29, 1.82) is 0 Å². The number of hydrogen-bond acceptors (Lipinski definition) is 5.